The summed E-state index contributed by atoms with van der Waals surface area (Å²) in [4.78, 5) is 37.8. The summed E-state index contributed by atoms with van der Waals surface area (Å²) in [7, 11) is 0. The molecule has 0 radical (unpaired) electrons. The van der Waals surface area contributed by atoms with Gasteiger partial charge >= 0.3 is 6.09 Å². The van der Waals surface area contributed by atoms with Gasteiger partial charge in [-0.3, -0.25) is 14.9 Å². The van der Waals surface area contributed by atoms with Crippen molar-refractivity contribution < 1.29 is 19.1 Å². The first-order chi connectivity index (χ1) is 13.6. The number of aryl methyl sites for hydroxylation is 1. The van der Waals surface area contributed by atoms with Gasteiger partial charge in [0.05, 0.1) is 12.2 Å². The quantitative estimate of drug-likeness (QED) is 0.741. The molecular weight excluding hydrogens is 376 g/mol. The summed E-state index contributed by atoms with van der Waals surface area (Å²) in [6, 6.07) is 9.48. The van der Waals surface area contributed by atoms with Crippen LogP contribution in [-0.2, 0) is 22.4 Å². The molecule has 28 heavy (non-hydrogen) atoms. The molecule has 0 aliphatic heterocycles. The van der Waals surface area contributed by atoms with Crippen molar-refractivity contribution in [2.24, 2.45) is 0 Å². The number of anilines is 1. The monoisotopic (exact) mass is 398 g/mol. The number of rotatable bonds is 5. The van der Waals surface area contributed by atoms with Gasteiger partial charge in [-0.25, -0.2) is 4.79 Å². The smallest absolute Gasteiger partial charge is 0.414 e. The van der Waals surface area contributed by atoms with Crippen LogP contribution in [-0.4, -0.2) is 24.5 Å². The number of amides is 3. The van der Waals surface area contributed by atoms with Crippen LogP contribution < -0.4 is 10.6 Å². The van der Waals surface area contributed by atoms with Crippen molar-refractivity contribution in [3.63, 3.8) is 0 Å². The lowest BCUT2D eigenvalue weighted by Gasteiger charge is -2.12. The molecule has 1 aliphatic carbocycles. The number of benzene rings is 1. The Morgan fingerprint density at radius 2 is 1.89 bits per heavy atom. The van der Waals surface area contributed by atoms with Gasteiger partial charge in [0, 0.05) is 11.0 Å². The van der Waals surface area contributed by atoms with E-state index in [2.05, 4.69) is 10.6 Å². The minimum Gasteiger partial charge on any atom is -0.450 e. The van der Waals surface area contributed by atoms with Crippen LogP contribution in [0.3, 0.4) is 0 Å². The van der Waals surface area contributed by atoms with E-state index < -0.39 is 12.0 Å². The SMILES string of the molecule is CCOC(=O)NC(=O)c1c(NC(=O)/C=C/c2ccccc2)sc2c1CCCC2. The molecular formula is C21H22N2O4S. The maximum Gasteiger partial charge on any atom is 0.414 e. The van der Waals surface area contributed by atoms with E-state index in [1.54, 1.807) is 13.0 Å². The molecule has 0 saturated heterocycles. The summed E-state index contributed by atoms with van der Waals surface area (Å²) in [6.45, 7) is 1.84. The molecule has 146 valence electrons. The Hall–Kier alpha value is -2.93. The van der Waals surface area contributed by atoms with E-state index >= 15 is 0 Å². The molecule has 1 aliphatic rings. The van der Waals surface area contributed by atoms with Crippen LogP contribution in [0.5, 0.6) is 0 Å². The van der Waals surface area contributed by atoms with E-state index in [1.807, 2.05) is 30.3 Å². The second kappa shape index (κ2) is 9.32. The highest BCUT2D eigenvalue weighted by Crippen LogP contribution is 2.38. The van der Waals surface area contributed by atoms with Crippen molar-refractivity contribution in [3.05, 3.63) is 58.0 Å². The minimum absolute atomic E-state index is 0.175. The molecule has 0 saturated carbocycles. The van der Waals surface area contributed by atoms with E-state index in [1.165, 1.54) is 17.4 Å². The zero-order chi connectivity index (χ0) is 19.9. The van der Waals surface area contributed by atoms with Gasteiger partial charge in [-0.1, -0.05) is 30.3 Å². The van der Waals surface area contributed by atoms with Gasteiger partial charge in [0.25, 0.3) is 5.91 Å². The Labute approximate surface area is 167 Å². The molecule has 2 aromatic rings. The molecule has 3 amide bonds. The van der Waals surface area contributed by atoms with E-state index in [-0.39, 0.29) is 12.5 Å². The standard InChI is InChI=1S/C21H22N2O4S/c1-2-27-21(26)23-19(25)18-15-10-6-7-11-16(15)28-20(18)22-17(24)13-12-14-8-4-3-5-9-14/h3-5,8-9,12-13H,2,6-7,10-11H2,1H3,(H,22,24)(H,23,25,26)/b13-12+. The number of hydrogen-bond acceptors (Lipinski definition) is 5. The van der Waals surface area contributed by atoms with Crippen LogP contribution in [0.4, 0.5) is 9.80 Å². The average Bonchev–Trinajstić information content (AvgIpc) is 3.05. The number of ether oxygens (including phenoxy) is 1. The highest BCUT2D eigenvalue weighted by Gasteiger charge is 2.27. The maximum absolute atomic E-state index is 12.7. The number of carbonyl (C=O) groups excluding carboxylic acids is 3. The van der Waals surface area contributed by atoms with E-state index in [4.69, 9.17) is 4.74 Å². The number of alkyl carbamates (subject to hydrolysis) is 1. The van der Waals surface area contributed by atoms with E-state index in [9.17, 15) is 14.4 Å². The number of hydrogen-bond donors (Lipinski definition) is 2. The molecule has 0 spiro atoms. The molecule has 6 nitrogen and oxygen atoms in total. The third-order valence-electron chi connectivity index (χ3n) is 4.35. The first kappa shape index (κ1) is 19.8. The predicted octanol–water partition coefficient (Wildman–Crippen LogP) is 4.17. The second-order valence-electron chi connectivity index (χ2n) is 6.32. The topological polar surface area (TPSA) is 84.5 Å². The fourth-order valence-electron chi connectivity index (χ4n) is 3.11. The lowest BCUT2D eigenvalue weighted by molar-refractivity contribution is -0.111. The molecule has 0 unspecified atom stereocenters. The number of fused-ring (bicyclic) bond motifs is 1. The van der Waals surface area contributed by atoms with Crippen molar-refractivity contribution >= 4 is 40.3 Å². The molecule has 2 N–H and O–H groups in total. The third kappa shape index (κ3) is 4.86. The van der Waals surface area contributed by atoms with Gasteiger partial charge < -0.3 is 10.1 Å². The largest absolute Gasteiger partial charge is 0.450 e. The summed E-state index contributed by atoms with van der Waals surface area (Å²) in [6.07, 6.45) is 6.01. The fraction of sp³-hybridized carbons (Fsp3) is 0.286. The van der Waals surface area contributed by atoms with Crippen molar-refractivity contribution in [2.45, 2.75) is 32.6 Å². The van der Waals surface area contributed by atoms with Crippen LogP contribution in [0.15, 0.2) is 36.4 Å². The highest BCUT2D eigenvalue weighted by molar-refractivity contribution is 7.17. The van der Waals surface area contributed by atoms with E-state index in [0.717, 1.165) is 41.7 Å². The van der Waals surface area contributed by atoms with Gasteiger partial charge in [-0.2, -0.15) is 0 Å². The molecule has 7 heteroatoms. The molecule has 3 rings (SSSR count). The van der Waals surface area contributed by atoms with Crippen molar-refractivity contribution in [3.8, 4) is 0 Å². The maximum atomic E-state index is 12.7. The summed E-state index contributed by atoms with van der Waals surface area (Å²) < 4.78 is 4.80. The minimum atomic E-state index is -0.787. The van der Waals surface area contributed by atoms with Gasteiger partial charge in [0.1, 0.15) is 5.00 Å². The Balaban J connectivity index is 1.80. The highest BCUT2D eigenvalue weighted by atomic mass is 32.1. The molecule has 0 bridgehead atoms. The molecule has 1 aromatic heterocycles. The zero-order valence-electron chi connectivity index (χ0n) is 15.6. The summed E-state index contributed by atoms with van der Waals surface area (Å²) in [5, 5.41) is 5.52. The Morgan fingerprint density at radius 3 is 2.64 bits per heavy atom. The van der Waals surface area contributed by atoms with Crippen molar-refractivity contribution in [1.29, 1.82) is 0 Å². The second-order valence-corrected chi connectivity index (χ2v) is 7.43. The van der Waals surface area contributed by atoms with Crippen LogP contribution >= 0.6 is 11.3 Å². The Bertz CT molecular complexity index is 903. The lowest BCUT2D eigenvalue weighted by atomic mass is 9.95. The number of nitrogens with one attached hydrogen (secondary N) is 2. The normalized spacial score (nSPS) is 13.0. The summed E-state index contributed by atoms with van der Waals surface area (Å²) in [5.41, 5.74) is 2.19. The van der Waals surface area contributed by atoms with Crippen molar-refractivity contribution in [2.75, 3.05) is 11.9 Å². The van der Waals surface area contributed by atoms with Crippen LogP contribution in [0, 0.1) is 0 Å². The fourth-order valence-corrected chi connectivity index (χ4v) is 4.40. The zero-order valence-corrected chi connectivity index (χ0v) is 16.4. The van der Waals surface area contributed by atoms with E-state index in [0.29, 0.717) is 10.6 Å². The molecule has 0 fully saturated rings. The third-order valence-corrected chi connectivity index (χ3v) is 5.56. The number of imide groups is 1. The Morgan fingerprint density at radius 1 is 1.14 bits per heavy atom. The first-order valence-corrected chi connectivity index (χ1v) is 10.1. The first-order valence-electron chi connectivity index (χ1n) is 9.25. The van der Waals surface area contributed by atoms with Crippen LogP contribution in [0.2, 0.25) is 0 Å². The van der Waals surface area contributed by atoms with Gasteiger partial charge in [-0.05, 0) is 49.8 Å². The van der Waals surface area contributed by atoms with Gasteiger partial charge in [0.2, 0.25) is 5.91 Å². The average molecular weight is 398 g/mol. The van der Waals surface area contributed by atoms with Gasteiger partial charge in [0.15, 0.2) is 0 Å². The lowest BCUT2D eigenvalue weighted by Crippen LogP contribution is -2.32. The Kier molecular flexibility index (Phi) is 6.60. The molecule has 1 aromatic carbocycles. The predicted molar refractivity (Wildman–Crippen MR) is 110 cm³/mol. The van der Waals surface area contributed by atoms with Crippen molar-refractivity contribution in [1.82, 2.24) is 5.32 Å². The summed E-state index contributed by atoms with van der Waals surface area (Å²) in [5.74, 6) is -0.868. The van der Waals surface area contributed by atoms with Crippen LogP contribution in [0.25, 0.3) is 6.08 Å². The molecule has 0 atom stereocenters. The summed E-state index contributed by atoms with van der Waals surface area (Å²) >= 11 is 1.40. The van der Waals surface area contributed by atoms with Gasteiger partial charge in [-0.15, -0.1) is 11.3 Å². The number of thiophene rings is 1. The molecule has 1 heterocycles. The number of carbonyl (C=O) groups is 3. The van der Waals surface area contributed by atoms with Crippen LogP contribution in [0.1, 0.15) is 46.1 Å².